The minimum absolute atomic E-state index is 0.0242. The van der Waals surface area contributed by atoms with E-state index in [4.69, 9.17) is 16.3 Å². The van der Waals surface area contributed by atoms with Crippen LogP contribution < -0.4 is 10.1 Å². The van der Waals surface area contributed by atoms with Gasteiger partial charge in [-0.3, -0.25) is 9.78 Å². The van der Waals surface area contributed by atoms with Gasteiger partial charge in [0.1, 0.15) is 5.75 Å². The maximum absolute atomic E-state index is 13.2. The largest absolute Gasteiger partial charge is 0.494 e. The Hall–Kier alpha value is -2.89. The number of likely N-dealkylation sites (tertiary alicyclic amines) is 1. The van der Waals surface area contributed by atoms with Gasteiger partial charge in [-0.2, -0.15) is 0 Å². The highest BCUT2D eigenvalue weighted by molar-refractivity contribution is 6.30. The number of carbonyl (C=O) groups excluding carboxylic acids is 1. The fourth-order valence-electron chi connectivity index (χ4n) is 4.35. The van der Waals surface area contributed by atoms with E-state index < -0.39 is 0 Å². The fourth-order valence-corrected chi connectivity index (χ4v) is 4.48. The van der Waals surface area contributed by atoms with Crippen LogP contribution in [0.5, 0.6) is 5.75 Å². The number of carbonyl (C=O) groups is 1. The molecule has 1 saturated heterocycles. The standard InChI is InChI=1S/C28H32ClN3O2/c29-24-13-11-22(12-14-24)27(26-10-4-5-17-30-26)31-28(33)23-15-19-32(20-16-23)18-6-7-21-34-25-8-2-1-3-9-25/h1-5,8-14,17,23,27H,6-7,15-16,18-21H2,(H,31,33)/t27-/m1/s1. The lowest BCUT2D eigenvalue weighted by Crippen LogP contribution is -2.42. The highest BCUT2D eigenvalue weighted by Crippen LogP contribution is 2.25. The summed E-state index contributed by atoms with van der Waals surface area (Å²) in [5, 5.41) is 3.92. The van der Waals surface area contributed by atoms with Crippen LogP contribution in [-0.4, -0.2) is 42.0 Å². The molecule has 2 aromatic carbocycles. The molecule has 1 N–H and O–H groups in total. The van der Waals surface area contributed by atoms with E-state index in [9.17, 15) is 4.79 Å². The van der Waals surface area contributed by atoms with E-state index >= 15 is 0 Å². The molecule has 1 atom stereocenters. The average molecular weight is 478 g/mol. The molecule has 1 aromatic heterocycles. The van der Waals surface area contributed by atoms with Gasteiger partial charge in [0, 0.05) is 17.1 Å². The maximum atomic E-state index is 13.2. The van der Waals surface area contributed by atoms with Crippen LogP contribution in [0.4, 0.5) is 0 Å². The van der Waals surface area contributed by atoms with Crippen molar-refractivity contribution in [3.8, 4) is 5.75 Å². The molecular weight excluding hydrogens is 446 g/mol. The van der Waals surface area contributed by atoms with E-state index in [1.54, 1.807) is 6.20 Å². The van der Waals surface area contributed by atoms with Crippen molar-refractivity contribution in [3.63, 3.8) is 0 Å². The van der Waals surface area contributed by atoms with Crippen molar-refractivity contribution in [3.05, 3.63) is 95.3 Å². The second-order valence-electron chi connectivity index (χ2n) is 8.73. The molecule has 0 aliphatic carbocycles. The summed E-state index contributed by atoms with van der Waals surface area (Å²) in [6, 6.07) is 23.0. The molecule has 0 bridgehead atoms. The molecule has 1 aliphatic heterocycles. The van der Waals surface area contributed by atoms with Gasteiger partial charge in [-0.05, 0) is 87.3 Å². The lowest BCUT2D eigenvalue weighted by Gasteiger charge is -2.32. The number of halogens is 1. The van der Waals surface area contributed by atoms with Crippen LogP contribution in [0.15, 0.2) is 79.0 Å². The molecule has 178 valence electrons. The van der Waals surface area contributed by atoms with Crippen molar-refractivity contribution in [2.24, 2.45) is 5.92 Å². The zero-order valence-electron chi connectivity index (χ0n) is 19.4. The van der Waals surface area contributed by atoms with E-state index in [0.717, 1.165) is 68.9 Å². The van der Waals surface area contributed by atoms with Crippen molar-refractivity contribution in [1.29, 1.82) is 0 Å². The Bertz CT molecular complexity index is 1010. The average Bonchev–Trinajstić information content (AvgIpc) is 2.89. The third-order valence-corrected chi connectivity index (χ3v) is 6.56. The molecule has 1 amide bonds. The van der Waals surface area contributed by atoms with E-state index in [1.807, 2.05) is 72.8 Å². The number of ether oxygens (including phenoxy) is 1. The Morgan fingerprint density at radius 2 is 1.74 bits per heavy atom. The summed E-state index contributed by atoms with van der Waals surface area (Å²) < 4.78 is 5.78. The third-order valence-electron chi connectivity index (χ3n) is 6.31. The Morgan fingerprint density at radius 1 is 1.00 bits per heavy atom. The van der Waals surface area contributed by atoms with Gasteiger partial charge in [0.05, 0.1) is 18.3 Å². The predicted molar refractivity (Wildman–Crippen MR) is 136 cm³/mol. The number of para-hydroxylation sites is 1. The molecule has 0 unspecified atom stereocenters. The highest BCUT2D eigenvalue weighted by atomic mass is 35.5. The van der Waals surface area contributed by atoms with Gasteiger partial charge in [-0.15, -0.1) is 0 Å². The molecule has 4 rings (SSSR count). The summed E-state index contributed by atoms with van der Waals surface area (Å²) in [4.78, 5) is 20.1. The molecule has 0 saturated carbocycles. The summed E-state index contributed by atoms with van der Waals surface area (Å²) >= 11 is 6.07. The van der Waals surface area contributed by atoms with Crippen LogP contribution in [0.3, 0.4) is 0 Å². The van der Waals surface area contributed by atoms with Crippen LogP contribution in [0, 0.1) is 5.92 Å². The second-order valence-corrected chi connectivity index (χ2v) is 9.17. The van der Waals surface area contributed by atoms with E-state index in [2.05, 4.69) is 15.2 Å². The number of aromatic nitrogens is 1. The van der Waals surface area contributed by atoms with Crippen molar-refractivity contribution < 1.29 is 9.53 Å². The minimum atomic E-state index is -0.284. The Morgan fingerprint density at radius 3 is 2.44 bits per heavy atom. The van der Waals surface area contributed by atoms with Gasteiger partial charge in [0.2, 0.25) is 5.91 Å². The first-order valence-corrected chi connectivity index (χ1v) is 12.4. The van der Waals surface area contributed by atoms with Crippen molar-refractivity contribution in [2.45, 2.75) is 31.7 Å². The van der Waals surface area contributed by atoms with Gasteiger partial charge in [0.15, 0.2) is 0 Å². The molecule has 6 heteroatoms. The molecule has 3 aromatic rings. The van der Waals surface area contributed by atoms with Gasteiger partial charge < -0.3 is 15.0 Å². The van der Waals surface area contributed by atoms with Crippen LogP contribution in [0.1, 0.15) is 43.0 Å². The molecule has 1 fully saturated rings. The second kappa shape index (κ2) is 12.5. The molecule has 0 radical (unpaired) electrons. The number of rotatable bonds is 10. The van der Waals surface area contributed by atoms with Crippen molar-refractivity contribution in [2.75, 3.05) is 26.2 Å². The molecular formula is C28H32ClN3O2. The molecule has 2 heterocycles. The monoisotopic (exact) mass is 477 g/mol. The molecule has 0 spiro atoms. The highest BCUT2D eigenvalue weighted by Gasteiger charge is 2.27. The number of hydrogen-bond acceptors (Lipinski definition) is 4. The summed E-state index contributed by atoms with van der Waals surface area (Å²) in [7, 11) is 0. The van der Waals surface area contributed by atoms with Crippen LogP contribution >= 0.6 is 11.6 Å². The van der Waals surface area contributed by atoms with Gasteiger partial charge >= 0.3 is 0 Å². The molecule has 34 heavy (non-hydrogen) atoms. The third kappa shape index (κ3) is 7.05. The minimum Gasteiger partial charge on any atom is -0.494 e. The summed E-state index contributed by atoms with van der Waals surface area (Å²) in [5.74, 6) is 1.05. The summed E-state index contributed by atoms with van der Waals surface area (Å²) in [5.41, 5.74) is 1.81. The molecule has 1 aliphatic rings. The first kappa shape index (κ1) is 24.2. The number of amides is 1. The quantitative estimate of drug-likeness (QED) is 0.391. The predicted octanol–water partition coefficient (Wildman–Crippen LogP) is 5.51. The summed E-state index contributed by atoms with van der Waals surface area (Å²) in [6.07, 6.45) is 5.64. The fraction of sp³-hybridized carbons (Fsp3) is 0.357. The number of piperidine rings is 1. The number of benzene rings is 2. The first-order chi connectivity index (χ1) is 16.7. The molecule has 5 nitrogen and oxygen atoms in total. The number of unbranched alkanes of at least 4 members (excludes halogenated alkanes) is 1. The van der Waals surface area contributed by atoms with Gasteiger partial charge in [0.25, 0.3) is 0 Å². The lowest BCUT2D eigenvalue weighted by molar-refractivity contribution is -0.127. The first-order valence-electron chi connectivity index (χ1n) is 12.1. The van der Waals surface area contributed by atoms with Crippen LogP contribution in [-0.2, 0) is 4.79 Å². The Kier molecular flexibility index (Phi) is 8.94. The van der Waals surface area contributed by atoms with Gasteiger partial charge in [-0.25, -0.2) is 0 Å². The van der Waals surface area contributed by atoms with E-state index in [1.165, 1.54) is 0 Å². The lowest BCUT2D eigenvalue weighted by atomic mass is 9.94. The zero-order chi connectivity index (χ0) is 23.6. The number of nitrogens with one attached hydrogen (secondary N) is 1. The Labute approximate surface area is 207 Å². The Balaban J connectivity index is 1.23. The van der Waals surface area contributed by atoms with Crippen LogP contribution in [0.25, 0.3) is 0 Å². The van der Waals surface area contributed by atoms with E-state index in [0.29, 0.717) is 5.02 Å². The van der Waals surface area contributed by atoms with Crippen molar-refractivity contribution in [1.82, 2.24) is 15.2 Å². The summed E-state index contributed by atoms with van der Waals surface area (Å²) in [6.45, 7) is 3.69. The zero-order valence-corrected chi connectivity index (χ0v) is 20.2. The van der Waals surface area contributed by atoms with Gasteiger partial charge in [-0.1, -0.05) is 48.0 Å². The van der Waals surface area contributed by atoms with E-state index in [-0.39, 0.29) is 17.9 Å². The topological polar surface area (TPSA) is 54.5 Å². The smallest absolute Gasteiger partial charge is 0.224 e. The van der Waals surface area contributed by atoms with Crippen LogP contribution in [0.2, 0.25) is 5.02 Å². The number of nitrogens with zero attached hydrogens (tertiary/aromatic N) is 2. The van der Waals surface area contributed by atoms with Crippen molar-refractivity contribution >= 4 is 17.5 Å². The number of hydrogen-bond donors (Lipinski definition) is 1. The maximum Gasteiger partial charge on any atom is 0.224 e. The number of pyridine rings is 1. The normalized spacial score (nSPS) is 15.6. The SMILES string of the molecule is O=C(N[C@H](c1ccc(Cl)cc1)c1ccccn1)C1CCN(CCCCOc2ccccc2)CC1.